The number of aromatic carboxylic acids is 1. The average Bonchev–Trinajstić information content (AvgIpc) is 4.49. The Hall–Kier alpha value is -7.28. The summed E-state index contributed by atoms with van der Waals surface area (Å²) < 4.78 is 15.6. The second-order valence-electron chi connectivity index (χ2n) is 19.7. The first-order valence-corrected chi connectivity index (χ1v) is 29.3. The number of ether oxygens (including phenoxy) is 2. The number of nitrogens with zero attached hydrogens (tertiary/aromatic N) is 7. The van der Waals surface area contributed by atoms with E-state index in [1.54, 1.807) is 48.9 Å². The number of halogens is 3. The number of fused-ring (bicyclic) bond motifs is 4. The van der Waals surface area contributed by atoms with Gasteiger partial charge in [0.15, 0.2) is 11.6 Å². The summed E-state index contributed by atoms with van der Waals surface area (Å²) in [7, 11) is 0. The molecule has 23 heteroatoms. The maximum absolute atomic E-state index is 12.2. The smallest absolute Gasteiger partial charge is 0.435 e. The fourth-order valence-corrected chi connectivity index (χ4v) is 10.3. The van der Waals surface area contributed by atoms with Gasteiger partial charge < -0.3 is 41.7 Å². The number of anilines is 4. The number of thiophene rings is 2. The van der Waals surface area contributed by atoms with Gasteiger partial charge in [-0.1, -0.05) is 76.0 Å². The molecule has 2 aliphatic rings. The van der Waals surface area contributed by atoms with E-state index in [9.17, 15) is 14.4 Å². The predicted molar refractivity (Wildman–Crippen MR) is 340 cm³/mol. The number of aromatic nitrogens is 7. The average molecular weight is 1290 g/mol. The normalized spacial score (nSPS) is 13.3. The molecule has 0 radical (unpaired) electrons. The maximum atomic E-state index is 12.2. The van der Waals surface area contributed by atoms with Crippen LogP contribution in [0.4, 0.5) is 27.8 Å². The number of Topliss-reactive ketones (excluding diaryl/α,β-unsaturated/α-hetero) is 1. The molecule has 10 aromatic rings. The van der Waals surface area contributed by atoms with Crippen molar-refractivity contribution in [2.75, 3.05) is 30.4 Å². The minimum absolute atomic E-state index is 0.0623. The number of hydrogen-bond donors (Lipinski definition) is 6. The van der Waals surface area contributed by atoms with Crippen molar-refractivity contribution in [3.05, 3.63) is 163 Å². The van der Waals surface area contributed by atoms with Crippen LogP contribution >= 0.6 is 66.1 Å². The summed E-state index contributed by atoms with van der Waals surface area (Å²) in [5.41, 5.74) is 17.4. The Bertz CT molecular complexity index is 3790. The molecular formula is C59H61Br2ClN12O6S2. The predicted octanol–water partition coefficient (Wildman–Crippen LogP) is 14.8. The highest BCUT2D eigenvalue weighted by molar-refractivity contribution is 9.10. The summed E-state index contributed by atoms with van der Waals surface area (Å²) in [6.07, 6.45) is 7.76. The number of ketones is 1. The minimum atomic E-state index is -0.864. The van der Waals surface area contributed by atoms with Crippen LogP contribution in [0.5, 0.6) is 0 Å². The van der Waals surface area contributed by atoms with Crippen molar-refractivity contribution in [3.8, 4) is 0 Å². The van der Waals surface area contributed by atoms with Crippen LogP contribution < -0.4 is 22.1 Å². The molecule has 4 aromatic carbocycles. The first-order chi connectivity index (χ1) is 39.1. The lowest BCUT2D eigenvalue weighted by atomic mass is 10.1. The third kappa shape index (κ3) is 18.6. The van der Waals surface area contributed by atoms with Crippen molar-refractivity contribution in [3.63, 3.8) is 0 Å². The van der Waals surface area contributed by atoms with E-state index in [-0.39, 0.29) is 11.1 Å². The van der Waals surface area contributed by atoms with Gasteiger partial charge >= 0.3 is 12.1 Å². The van der Waals surface area contributed by atoms with Crippen LogP contribution in [0.1, 0.15) is 79.5 Å². The van der Waals surface area contributed by atoms with Gasteiger partial charge in [-0.05, 0) is 153 Å². The summed E-state index contributed by atoms with van der Waals surface area (Å²) in [5.74, 6) is 1.42. The van der Waals surface area contributed by atoms with Gasteiger partial charge in [0.1, 0.15) is 22.1 Å². The summed E-state index contributed by atoms with van der Waals surface area (Å²) >= 11 is 15.4. The molecule has 6 aromatic heterocycles. The van der Waals surface area contributed by atoms with Crippen molar-refractivity contribution >= 4 is 161 Å². The Kier molecular flexibility index (Phi) is 22.1. The van der Waals surface area contributed by atoms with Gasteiger partial charge in [0, 0.05) is 73.3 Å². The molecule has 8 N–H and O–H groups in total. The molecule has 82 heavy (non-hydrogen) atoms. The van der Waals surface area contributed by atoms with Crippen molar-refractivity contribution in [2.24, 2.45) is 16.5 Å². The Labute approximate surface area is 503 Å². The largest absolute Gasteiger partial charge is 0.477 e. The van der Waals surface area contributed by atoms with Crippen LogP contribution in [0.2, 0.25) is 5.28 Å². The van der Waals surface area contributed by atoms with Crippen LogP contribution in [0, 0.1) is 6.92 Å². The van der Waals surface area contributed by atoms with E-state index in [2.05, 4.69) is 108 Å². The van der Waals surface area contributed by atoms with Crippen molar-refractivity contribution in [1.29, 1.82) is 0 Å². The first kappa shape index (κ1) is 62.3. The number of carbonyl (C=O) groups is 3. The zero-order valence-corrected chi connectivity index (χ0v) is 51.5. The zero-order valence-electron chi connectivity index (χ0n) is 45.9. The Balaban J connectivity index is 0.000000153. The van der Waals surface area contributed by atoms with Crippen LogP contribution in [0.3, 0.4) is 0 Å². The van der Waals surface area contributed by atoms with Gasteiger partial charge in [0.2, 0.25) is 5.28 Å². The highest BCUT2D eigenvalue weighted by Gasteiger charge is 2.20. The number of aryl methyl sites for hydroxylation is 1. The number of carbonyl (C=O) groups excluding carboxylic acids is 2. The lowest BCUT2D eigenvalue weighted by molar-refractivity contribution is 0.0522. The monoisotopic (exact) mass is 1290 g/mol. The lowest BCUT2D eigenvalue weighted by Gasteiger charge is -2.19. The van der Waals surface area contributed by atoms with E-state index in [1.165, 1.54) is 27.2 Å². The fourth-order valence-electron chi connectivity index (χ4n) is 7.56. The summed E-state index contributed by atoms with van der Waals surface area (Å²) in [4.78, 5) is 58.4. The molecule has 12 rings (SSSR count). The van der Waals surface area contributed by atoms with Gasteiger partial charge in [-0.25, -0.2) is 29.5 Å². The Morgan fingerprint density at radius 1 is 0.902 bits per heavy atom. The number of rotatable bonds is 7. The number of carboxylic acids is 1. The number of aliphatic imine (C=N–C) groups is 1. The third-order valence-electron chi connectivity index (χ3n) is 11.2. The van der Waals surface area contributed by atoms with E-state index in [1.807, 2.05) is 114 Å². The highest BCUT2D eigenvalue weighted by atomic mass is 79.9. The molecule has 1 atom stereocenters. The number of allylic oxidation sites excluding steroid dienone is 1. The van der Waals surface area contributed by atoms with Crippen LogP contribution in [0.15, 0.2) is 141 Å². The summed E-state index contributed by atoms with van der Waals surface area (Å²) in [5, 5.41) is 24.4. The molecule has 0 amide bonds. The SMILES string of the molecule is CC(=O)c1cc2ccc(Br)cc2[nH]1.CC(C)(C)OC(=O)n1ncc2cc(Nc3ccnc(Cl)n3)ccc21.CC(C)N.Cc1nc(Nc2ccc(C3=CCN=C3)cc2)c2sccc2n1.NC1CCOC1.O=C(O)c1cc2ccc(Br)cc2s1. The van der Waals surface area contributed by atoms with E-state index >= 15 is 0 Å². The van der Waals surface area contributed by atoms with E-state index in [0.29, 0.717) is 34.0 Å². The molecule has 0 aliphatic carbocycles. The van der Waals surface area contributed by atoms with E-state index in [0.717, 1.165) is 94.7 Å². The molecule has 0 saturated carbocycles. The number of nitrogens with two attached hydrogens (primary N) is 2. The number of aromatic amines is 1. The molecule has 2 aliphatic heterocycles. The molecule has 1 fully saturated rings. The second kappa shape index (κ2) is 29.1. The quantitative estimate of drug-likeness (QED) is 0.0640. The van der Waals surface area contributed by atoms with E-state index < -0.39 is 17.7 Å². The topological polar surface area (TPSA) is 264 Å². The van der Waals surface area contributed by atoms with Crippen LogP contribution in [-0.2, 0) is 9.47 Å². The Morgan fingerprint density at radius 2 is 1.62 bits per heavy atom. The molecule has 1 saturated heterocycles. The van der Waals surface area contributed by atoms with E-state index in [4.69, 9.17) is 37.6 Å². The Morgan fingerprint density at radius 3 is 2.26 bits per heavy atom. The standard InChI is InChI=1S/C17H14N4S.C16H16ClN5O2.C10H8BrNO.C9H5BrO2S.C4H9NO.C3H9N/c1-11-19-15-7-9-22-16(15)17(20-11)21-14-4-2-12(3-5-14)13-6-8-18-10-13;1-16(2,3)24-15(23)22-12-5-4-11(8-10(12)9-19-22)20-13-6-7-18-14(17)21-13;1-6(13)9-4-7-2-3-8(11)5-10(7)12-9;10-6-2-1-5-3-8(9(11)12)13-7(5)4-6;5-4-1-2-6-3-4;1-3(2)4/h2-7,9-10H,8H2,1H3,(H,19,20,21);4-9H,1-3H3,(H,18,20,21);2-5,12H,1H3;1-4H,(H,11,12);4H,1-3,5H2;3H,4H2,1-2H3. The molecule has 1 unspecified atom stereocenters. The molecular weight excluding hydrogens is 1230 g/mol. The molecule has 0 spiro atoms. The summed E-state index contributed by atoms with van der Waals surface area (Å²) in [6.45, 7) is 15.2. The van der Waals surface area contributed by atoms with Crippen molar-refractivity contribution in [1.82, 2.24) is 34.7 Å². The first-order valence-electron chi connectivity index (χ1n) is 25.6. The number of H-pyrrole nitrogens is 1. The van der Waals surface area contributed by atoms with Crippen molar-refractivity contribution < 1.29 is 29.0 Å². The van der Waals surface area contributed by atoms with Gasteiger partial charge in [0.05, 0.1) is 40.8 Å². The molecule has 18 nitrogen and oxygen atoms in total. The number of nitrogens with one attached hydrogen (secondary N) is 3. The van der Waals surface area contributed by atoms with Gasteiger partial charge in [0.25, 0.3) is 0 Å². The minimum Gasteiger partial charge on any atom is -0.477 e. The molecule has 8 heterocycles. The molecule has 426 valence electrons. The number of hydrogen-bond acceptors (Lipinski definition) is 17. The lowest BCUT2D eigenvalue weighted by Crippen LogP contribution is -2.27. The van der Waals surface area contributed by atoms with Crippen LogP contribution in [0.25, 0.3) is 47.7 Å². The molecule has 0 bridgehead atoms. The second-order valence-corrected chi connectivity index (χ2v) is 23.9. The van der Waals surface area contributed by atoms with Gasteiger partial charge in [-0.15, -0.1) is 22.7 Å². The number of carboxylic acid groups (broad SMARTS) is 1. The highest BCUT2D eigenvalue weighted by Crippen LogP contribution is 2.31. The maximum Gasteiger partial charge on any atom is 0.435 e. The summed E-state index contributed by atoms with van der Waals surface area (Å²) in [6, 6.07) is 33.4. The third-order valence-corrected chi connectivity index (χ3v) is 14.4. The van der Waals surface area contributed by atoms with Crippen LogP contribution in [-0.4, -0.2) is 101 Å². The fraction of sp³-hybridized carbons (Fsp3) is 0.237. The van der Waals surface area contributed by atoms with Gasteiger partial charge in [-0.2, -0.15) is 9.78 Å². The zero-order chi connectivity index (χ0) is 59.1. The van der Waals surface area contributed by atoms with Gasteiger partial charge in [-0.3, -0.25) is 9.79 Å². The van der Waals surface area contributed by atoms with Crippen molar-refractivity contribution in [2.45, 2.75) is 72.6 Å². The number of benzene rings is 4.